The number of aryl methyl sites for hydroxylation is 1. The summed E-state index contributed by atoms with van der Waals surface area (Å²) >= 11 is 11.5. The number of hydrogen-bond acceptors (Lipinski definition) is 3. The molecule has 2 nitrogen and oxygen atoms in total. The smallest absolute Gasteiger partial charge is 0.0567 e. The van der Waals surface area contributed by atoms with E-state index in [1.54, 1.807) is 11.3 Å². The first-order valence-corrected chi connectivity index (χ1v) is 8.86. The molecular formula is C16H20BrClN2S. The van der Waals surface area contributed by atoms with Gasteiger partial charge in [0.05, 0.1) is 6.04 Å². The SMILES string of the molecule is Cc1sc(C(CN)N(C)C(C)c2cccc(Cl)c2)cc1Br. The summed E-state index contributed by atoms with van der Waals surface area (Å²) in [5, 5.41) is 0.770. The van der Waals surface area contributed by atoms with E-state index in [0.717, 1.165) is 9.50 Å². The maximum Gasteiger partial charge on any atom is 0.0567 e. The molecule has 0 spiro atoms. The minimum atomic E-state index is 0.203. The predicted octanol–water partition coefficient (Wildman–Crippen LogP) is 5.17. The van der Waals surface area contributed by atoms with Crippen molar-refractivity contribution in [2.75, 3.05) is 13.6 Å². The highest BCUT2D eigenvalue weighted by Crippen LogP contribution is 2.35. The Morgan fingerprint density at radius 3 is 2.62 bits per heavy atom. The highest BCUT2D eigenvalue weighted by atomic mass is 79.9. The standard InChI is InChI=1S/C16H20BrClN2S/c1-10(12-5-4-6-13(18)7-12)20(3)15(9-19)16-8-14(17)11(2)21-16/h4-8,10,15H,9,19H2,1-3H3. The molecule has 0 bridgehead atoms. The first-order valence-electron chi connectivity index (χ1n) is 6.87. The van der Waals surface area contributed by atoms with Crippen molar-refractivity contribution in [3.8, 4) is 0 Å². The van der Waals surface area contributed by atoms with Crippen molar-refractivity contribution in [2.45, 2.75) is 25.9 Å². The predicted molar refractivity (Wildman–Crippen MR) is 96.2 cm³/mol. The van der Waals surface area contributed by atoms with Gasteiger partial charge < -0.3 is 5.73 Å². The van der Waals surface area contributed by atoms with E-state index < -0.39 is 0 Å². The molecule has 0 fully saturated rings. The monoisotopic (exact) mass is 386 g/mol. The highest BCUT2D eigenvalue weighted by Gasteiger charge is 2.23. The topological polar surface area (TPSA) is 29.3 Å². The van der Waals surface area contributed by atoms with E-state index >= 15 is 0 Å². The summed E-state index contributed by atoms with van der Waals surface area (Å²) < 4.78 is 1.16. The van der Waals surface area contributed by atoms with Gasteiger partial charge in [0.1, 0.15) is 0 Å². The Kier molecular flexibility index (Phi) is 5.86. The third kappa shape index (κ3) is 3.88. The second-order valence-electron chi connectivity index (χ2n) is 5.20. The van der Waals surface area contributed by atoms with Crippen LogP contribution in [0.2, 0.25) is 5.02 Å². The zero-order chi connectivity index (χ0) is 15.6. The molecule has 1 heterocycles. The largest absolute Gasteiger partial charge is 0.329 e. The van der Waals surface area contributed by atoms with Crippen LogP contribution >= 0.6 is 38.9 Å². The Balaban J connectivity index is 2.25. The summed E-state index contributed by atoms with van der Waals surface area (Å²) in [5.74, 6) is 0. The van der Waals surface area contributed by atoms with Gasteiger partial charge in [-0.05, 0) is 60.6 Å². The molecule has 2 rings (SSSR count). The van der Waals surface area contributed by atoms with Gasteiger partial charge in [0.15, 0.2) is 0 Å². The summed E-state index contributed by atoms with van der Waals surface area (Å²) in [4.78, 5) is 4.88. The van der Waals surface area contributed by atoms with E-state index in [9.17, 15) is 0 Å². The molecule has 114 valence electrons. The van der Waals surface area contributed by atoms with Crippen molar-refractivity contribution < 1.29 is 0 Å². The summed E-state index contributed by atoms with van der Waals surface area (Å²) in [6.45, 7) is 4.89. The zero-order valence-electron chi connectivity index (χ0n) is 12.4. The molecule has 0 aliphatic heterocycles. The van der Waals surface area contributed by atoms with Gasteiger partial charge in [0.25, 0.3) is 0 Å². The van der Waals surface area contributed by atoms with E-state index in [0.29, 0.717) is 6.54 Å². The van der Waals surface area contributed by atoms with Crippen LogP contribution < -0.4 is 5.73 Å². The fraction of sp³-hybridized carbons (Fsp3) is 0.375. The number of thiophene rings is 1. The highest BCUT2D eigenvalue weighted by molar-refractivity contribution is 9.10. The lowest BCUT2D eigenvalue weighted by Gasteiger charge is -2.32. The van der Waals surface area contributed by atoms with Gasteiger partial charge in [-0.3, -0.25) is 4.90 Å². The Labute approximate surface area is 144 Å². The number of likely N-dealkylation sites (N-methyl/N-ethyl adjacent to an activating group) is 1. The molecule has 1 aromatic carbocycles. The molecule has 2 atom stereocenters. The van der Waals surface area contributed by atoms with E-state index in [1.165, 1.54) is 15.3 Å². The Bertz CT molecular complexity index is 595. The molecule has 21 heavy (non-hydrogen) atoms. The molecular weight excluding hydrogens is 368 g/mol. The minimum Gasteiger partial charge on any atom is -0.329 e. The lowest BCUT2D eigenvalue weighted by atomic mass is 10.0. The van der Waals surface area contributed by atoms with Crippen LogP contribution in [-0.2, 0) is 0 Å². The van der Waals surface area contributed by atoms with Crippen LogP contribution in [0.1, 0.15) is 34.3 Å². The fourth-order valence-electron chi connectivity index (χ4n) is 2.40. The third-order valence-corrected chi connectivity index (χ3v) is 6.33. The molecule has 2 aromatic rings. The quantitative estimate of drug-likeness (QED) is 0.767. The summed E-state index contributed by atoms with van der Waals surface area (Å²) in [6, 6.07) is 10.6. The fourth-order valence-corrected chi connectivity index (χ4v) is 4.33. The number of rotatable bonds is 5. The number of hydrogen-bond donors (Lipinski definition) is 1. The van der Waals surface area contributed by atoms with Crippen LogP contribution in [0.4, 0.5) is 0 Å². The van der Waals surface area contributed by atoms with Crippen LogP contribution in [-0.4, -0.2) is 18.5 Å². The number of nitrogens with zero attached hydrogens (tertiary/aromatic N) is 1. The van der Waals surface area contributed by atoms with Crippen molar-refractivity contribution >= 4 is 38.9 Å². The molecule has 0 amide bonds. The summed E-state index contributed by atoms with van der Waals surface area (Å²) in [6.07, 6.45) is 0. The molecule has 0 saturated heterocycles. The lowest BCUT2D eigenvalue weighted by molar-refractivity contribution is 0.193. The summed E-state index contributed by atoms with van der Waals surface area (Å²) in [5.41, 5.74) is 7.24. The maximum atomic E-state index is 6.10. The van der Waals surface area contributed by atoms with Gasteiger partial charge in [0.2, 0.25) is 0 Å². The average Bonchev–Trinajstić information content (AvgIpc) is 2.78. The molecule has 0 aliphatic carbocycles. The van der Waals surface area contributed by atoms with E-state index in [2.05, 4.69) is 53.9 Å². The van der Waals surface area contributed by atoms with E-state index in [-0.39, 0.29) is 12.1 Å². The molecule has 0 radical (unpaired) electrons. The van der Waals surface area contributed by atoms with E-state index in [4.69, 9.17) is 17.3 Å². The van der Waals surface area contributed by atoms with Crippen molar-refractivity contribution in [1.82, 2.24) is 4.90 Å². The van der Waals surface area contributed by atoms with Crippen molar-refractivity contribution in [3.63, 3.8) is 0 Å². The molecule has 1 aromatic heterocycles. The van der Waals surface area contributed by atoms with Crippen LogP contribution in [0.3, 0.4) is 0 Å². The first kappa shape index (κ1) is 17.0. The van der Waals surface area contributed by atoms with E-state index in [1.807, 2.05) is 18.2 Å². The Morgan fingerprint density at radius 2 is 2.10 bits per heavy atom. The third-order valence-electron chi connectivity index (χ3n) is 3.86. The van der Waals surface area contributed by atoms with Crippen molar-refractivity contribution in [3.05, 3.63) is 55.1 Å². The number of benzene rings is 1. The molecule has 0 aliphatic rings. The maximum absolute atomic E-state index is 6.10. The van der Waals surface area contributed by atoms with Crippen molar-refractivity contribution in [2.24, 2.45) is 5.73 Å². The van der Waals surface area contributed by atoms with Gasteiger partial charge in [-0.15, -0.1) is 11.3 Å². The lowest BCUT2D eigenvalue weighted by Crippen LogP contribution is -2.32. The number of nitrogens with two attached hydrogens (primary N) is 1. The van der Waals surface area contributed by atoms with Gasteiger partial charge in [-0.25, -0.2) is 0 Å². The molecule has 2 unspecified atom stereocenters. The van der Waals surface area contributed by atoms with Gasteiger partial charge in [0, 0.05) is 31.8 Å². The first-order chi connectivity index (χ1) is 9.93. The minimum absolute atomic E-state index is 0.203. The molecule has 2 N–H and O–H groups in total. The second-order valence-corrected chi connectivity index (χ2v) is 7.78. The average molecular weight is 388 g/mol. The Morgan fingerprint density at radius 1 is 1.38 bits per heavy atom. The van der Waals surface area contributed by atoms with Crippen molar-refractivity contribution in [1.29, 1.82) is 0 Å². The summed E-state index contributed by atoms with van der Waals surface area (Å²) in [7, 11) is 2.12. The zero-order valence-corrected chi connectivity index (χ0v) is 15.6. The molecule has 0 saturated carbocycles. The second kappa shape index (κ2) is 7.25. The normalized spacial score (nSPS) is 14.4. The van der Waals surface area contributed by atoms with Gasteiger partial charge in [-0.1, -0.05) is 23.7 Å². The number of halogens is 2. The van der Waals surface area contributed by atoms with Gasteiger partial charge in [-0.2, -0.15) is 0 Å². The van der Waals surface area contributed by atoms with Crippen LogP contribution in [0.25, 0.3) is 0 Å². The van der Waals surface area contributed by atoms with Crippen LogP contribution in [0, 0.1) is 6.92 Å². The Hall–Kier alpha value is -0.390. The van der Waals surface area contributed by atoms with Gasteiger partial charge >= 0.3 is 0 Å². The van der Waals surface area contributed by atoms with Crippen LogP contribution in [0.5, 0.6) is 0 Å². The van der Waals surface area contributed by atoms with Crippen LogP contribution in [0.15, 0.2) is 34.8 Å². The molecule has 5 heteroatoms.